The number of esters is 1. The number of carbonyl (C=O) groups is 3. The van der Waals surface area contributed by atoms with E-state index in [1.54, 1.807) is 24.3 Å². The summed E-state index contributed by atoms with van der Waals surface area (Å²) in [7, 11) is 1.50. The van der Waals surface area contributed by atoms with Crippen LogP contribution in [0.15, 0.2) is 40.9 Å². The molecule has 0 bridgehead atoms. The molecule has 1 N–H and O–H groups in total. The smallest absolute Gasteiger partial charge is 0.339 e. The lowest BCUT2D eigenvalue weighted by Gasteiger charge is -2.16. The van der Waals surface area contributed by atoms with Gasteiger partial charge in [0.2, 0.25) is 0 Å². The van der Waals surface area contributed by atoms with Gasteiger partial charge >= 0.3 is 5.97 Å². The van der Waals surface area contributed by atoms with Crippen LogP contribution in [0.25, 0.3) is 0 Å². The summed E-state index contributed by atoms with van der Waals surface area (Å²) in [5.41, 5.74) is 1.25. The first-order chi connectivity index (χ1) is 13.8. The van der Waals surface area contributed by atoms with Crippen LogP contribution in [0.4, 0.5) is 5.69 Å². The van der Waals surface area contributed by atoms with Crippen molar-refractivity contribution in [1.29, 1.82) is 0 Å². The molecule has 7 nitrogen and oxygen atoms in total. The van der Waals surface area contributed by atoms with Crippen LogP contribution in [0.5, 0.6) is 11.5 Å². The molecule has 1 unspecified atom stereocenters. The van der Waals surface area contributed by atoms with Crippen molar-refractivity contribution in [3.05, 3.63) is 52.0 Å². The molecule has 1 amide bonds. The zero-order valence-corrected chi connectivity index (χ0v) is 18.2. The molecular formula is C21H22BrNO6. The number of benzene rings is 2. The van der Waals surface area contributed by atoms with Crippen molar-refractivity contribution in [2.45, 2.75) is 26.9 Å². The molecule has 29 heavy (non-hydrogen) atoms. The minimum absolute atomic E-state index is 0.0674. The predicted molar refractivity (Wildman–Crippen MR) is 112 cm³/mol. The number of ketones is 1. The van der Waals surface area contributed by atoms with Crippen LogP contribution >= 0.6 is 15.9 Å². The normalized spacial score (nSPS) is 11.3. The Hall–Kier alpha value is -2.87. The van der Waals surface area contributed by atoms with Crippen LogP contribution in [-0.2, 0) is 9.53 Å². The number of rotatable bonds is 8. The number of anilines is 1. The Labute approximate surface area is 177 Å². The average molecular weight is 464 g/mol. The standard InChI is InChI=1S/C21H22BrNO6/c1-5-28-18-11-15(10-17(22)19(18)27-4)21(26)29-13(3)20(25)23-16-8-6-14(7-9-16)12(2)24/h6-11,13H,5H2,1-4H3,(H,23,25). The van der Waals surface area contributed by atoms with E-state index in [1.165, 1.54) is 33.1 Å². The van der Waals surface area contributed by atoms with Crippen molar-refractivity contribution >= 4 is 39.3 Å². The summed E-state index contributed by atoms with van der Waals surface area (Å²) >= 11 is 3.34. The van der Waals surface area contributed by atoms with Crippen molar-refractivity contribution < 1.29 is 28.6 Å². The Morgan fingerprint density at radius 2 is 1.76 bits per heavy atom. The summed E-state index contributed by atoms with van der Waals surface area (Å²) in [5, 5.41) is 2.64. The summed E-state index contributed by atoms with van der Waals surface area (Å²) in [4.78, 5) is 36.1. The molecule has 0 heterocycles. The van der Waals surface area contributed by atoms with Crippen molar-refractivity contribution in [3.8, 4) is 11.5 Å². The van der Waals surface area contributed by atoms with E-state index >= 15 is 0 Å². The first kappa shape index (κ1) is 22.4. The summed E-state index contributed by atoms with van der Waals surface area (Å²) in [6, 6.07) is 9.48. The molecule has 2 rings (SSSR count). The quantitative estimate of drug-likeness (QED) is 0.464. The molecule has 154 valence electrons. The van der Waals surface area contributed by atoms with Crippen molar-refractivity contribution in [2.24, 2.45) is 0 Å². The molecular weight excluding hydrogens is 442 g/mol. The summed E-state index contributed by atoms with van der Waals surface area (Å²) < 4.78 is 16.6. The van der Waals surface area contributed by atoms with E-state index in [1.807, 2.05) is 6.92 Å². The molecule has 1 atom stereocenters. The largest absolute Gasteiger partial charge is 0.492 e. The monoisotopic (exact) mass is 463 g/mol. The number of halogens is 1. The van der Waals surface area contributed by atoms with Crippen LogP contribution in [0, 0.1) is 0 Å². The third-order valence-corrected chi connectivity index (χ3v) is 4.55. The number of Topliss-reactive ketones (excluding diaryl/α,β-unsaturated/α-hetero) is 1. The van der Waals surface area contributed by atoms with E-state index < -0.39 is 18.0 Å². The van der Waals surface area contributed by atoms with Gasteiger partial charge in [-0.1, -0.05) is 0 Å². The number of amides is 1. The van der Waals surface area contributed by atoms with Crippen LogP contribution in [-0.4, -0.2) is 37.5 Å². The molecule has 0 saturated heterocycles. The van der Waals surface area contributed by atoms with Gasteiger partial charge in [0, 0.05) is 11.3 Å². The van der Waals surface area contributed by atoms with Gasteiger partial charge in [0.15, 0.2) is 23.4 Å². The van der Waals surface area contributed by atoms with Crippen LogP contribution in [0.3, 0.4) is 0 Å². The first-order valence-electron chi connectivity index (χ1n) is 8.90. The van der Waals surface area contributed by atoms with Gasteiger partial charge in [-0.05, 0) is 73.1 Å². The molecule has 0 aromatic heterocycles. The van der Waals surface area contributed by atoms with Crippen LogP contribution in [0.1, 0.15) is 41.5 Å². The molecule has 2 aromatic rings. The molecule has 0 aliphatic rings. The topological polar surface area (TPSA) is 90.9 Å². The molecule has 8 heteroatoms. The molecule has 0 aliphatic heterocycles. The van der Waals surface area contributed by atoms with E-state index in [-0.39, 0.29) is 11.3 Å². The molecule has 0 saturated carbocycles. The third-order valence-electron chi connectivity index (χ3n) is 3.96. The van der Waals surface area contributed by atoms with Gasteiger partial charge in [0.1, 0.15) is 0 Å². The lowest BCUT2D eigenvalue weighted by molar-refractivity contribution is -0.123. The highest BCUT2D eigenvalue weighted by molar-refractivity contribution is 9.10. The first-order valence-corrected chi connectivity index (χ1v) is 9.69. The maximum atomic E-state index is 12.5. The van der Waals surface area contributed by atoms with Gasteiger partial charge in [-0.2, -0.15) is 0 Å². The minimum Gasteiger partial charge on any atom is -0.492 e. The molecule has 2 aromatic carbocycles. The van der Waals surface area contributed by atoms with Gasteiger partial charge in [0.05, 0.1) is 23.8 Å². The number of nitrogens with one attached hydrogen (secondary N) is 1. The van der Waals surface area contributed by atoms with Crippen molar-refractivity contribution in [1.82, 2.24) is 0 Å². The average Bonchev–Trinajstić information content (AvgIpc) is 2.68. The van der Waals surface area contributed by atoms with E-state index in [0.717, 1.165) is 0 Å². The van der Waals surface area contributed by atoms with Crippen LogP contribution < -0.4 is 14.8 Å². The third kappa shape index (κ3) is 5.80. The fraction of sp³-hybridized carbons (Fsp3) is 0.286. The number of hydrogen-bond donors (Lipinski definition) is 1. The van der Waals surface area contributed by atoms with E-state index in [2.05, 4.69) is 21.2 Å². The Balaban J connectivity index is 2.07. The second-order valence-corrected chi connectivity index (χ2v) is 6.95. The van der Waals surface area contributed by atoms with Crippen LogP contribution in [0.2, 0.25) is 0 Å². The maximum Gasteiger partial charge on any atom is 0.339 e. The number of hydrogen-bond acceptors (Lipinski definition) is 6. The predicted octanol–water partition coefficient (Wildman–Crippen LogP) is 4.24. The van der Waals surface area contributed by atoms with Crippen molar-refractivity contribution in [2.75, 3.05) is 19.0 Å². The maximum absolute atomic E-state index is 12.5. The van der Waals surface area contributed by atoms with Gasteiger partial charge in [0.25, 0.3) is 5.91 Å². The zero-order valence-electron chi connectivity index (χ0n) is 16.6. The van der Waals surface area contributed by atoms with E-state index in [0.29, 0.717) is 33.8 Å². The number of carbonyl (C=O) groups excluding carboxylic acids is 3. The summed E-state index contributed by atoms with van der Waals surface area (Å²) in [6.45, 7) is 5.14. The zero-order chi connectivity index (χ0) is 21.6. The lowest BCUT2D eigenvalue weighted by Crippen LogP contribution is -2.30. The van der Waals surface area contributed by atoms with Crippen molar-refractivity contribution in [3.63, 3.8) is 0 Å². The highest BCUT2D eigenvalue weighted by atomic mass is 79.9. The molecule has 0 fully saturated rings. The Bertz CT molecular complexity index is 910. The Morgan fingerprint density at radius 3 is 2.31 bits per heavy atom. The highest BCUT2D eigenvalue weighted by Gasteiger charge is 2.22. The lowest BCUT2D eigenvalue weighted by atomic mass is 10.1. The van der Waals surface area contributed by atoms with E-state index in [9.17, 15) is 14.4 Å². The SMILES string of the molecule is CCOc1cc(C(=O)OC(C)C(=O)Nc2ccc(C(C)=O)cc2)cc(Br)c1OC. The molecule has 0 spiro atoms. The minimum atomic E-state index is -1.04. The summed E-state index contributed by atoms with van der Waals surface area (Å²) in [6.07, 6.45) is -1.04. The fourth-order valence-corrected chi connectivity index (χ4v) is 3.07. The van der Waals surface area contributed by atoms with E-state index in [4.69, 9.17) is 14.2 Å². The number of methoxy groups -OCH3 is 1. The van der Waals surface area contributed by atoms with Gasteiger partial charge < -0.3 is 19.5 Å². The Kier molecular flexibility index (Phi) is 7.78. The second-order valence-electron chi connectivity index (χ2n) is 6.09. The molecule has 0 aliphatic carbocycles. The molecule has 0 radical (unpaired) electrons. The fourth-order valence-electron chi connectivity index (χ4n) is 2.46. The second kappa shape index (κ2) is 10.1. The van der Waals surface area contributed by atoms with Gasteiger partial charge in [-0.3, -0.25) is 9.59 Å². The number of ether oxygens (including phenoxy) is 3. The Morgan fingerprint density at radius 1 is 1.10 bits per heavy atom. The van der Waals surface area contributed by atoms with Gasteiger partial charge in [-0.25, -0.2) is 4.79 Å². The van der Waals surface area contributed by atoms with Gasteiger partial charge in [-0.15, -0.1) is 0 Å². The summed E-state index contributed by atoms with van der Waals surface area (Å²) in [5.74, 6) is -0.389. The highest BCUT2D eigenvalue weighted by Crippen LogP contribution is 2.36.